The monoisotopic (exact) mass is 337 g/mol. The van der Waals surface area contributed by atoms with E-state index in [1.807, 2.05) is 0 Å². The Balaban J connectivity index is 1.90. The molecule has 3 rings (SSSR count). The summed E-state index contributed by atoms with van der Waals surface area (Å²) in [4.78, 5) is 0. The lowest BCUT2D eigenvalue weighted by Crippen LogP contribution is -2.46. The summed E-state index contributed by atoms with van der Waals surface area (Å²) in [5.74, 6) is 1.94. The predicted octanol–water partition coefficient (Wildman–Crippen LogP) is 4.83. The summed E-state index contributed by atoms with van der Waals surface area (Å²) in [6, 6.07) is 6.85. The van der Waals surface area contributed by atoms with Crippen LogP contribution in [0.5, 0.6) is 5.75 Å². The summed E-state index contributed by atoms with van der Waals surface area (Å²) in [7, 11) is 0. The Kier molecular flexibility index (Phi) is 4.09. The van der Waals surface area contributed by atoms with Gasteiger partial charge in [0.15, 0.2) is 0 Å². The van der Waals surface area contributed by atoms with Crippen molar-refractivity contribution in [3.8, 4) is 5.75 Å². The van der Waals surface area contributed by atoms with Crippen LogP contribution in [0.1, 0.15) is 57.6 Å². The molecule has 1 aliphatic heterocycles. The maximum absolute atomic E-state index is 6.48. The van der Waals surface area contributed by atoms with E-state index < -0.39 is 0 Å². The Labute approximate surface area is 130 Å². The average molecular weight is 338 g/mol. The van der Waals surface area contributed by atoms with Crippen LogP contribution < -0.4 is 10.1 Å². The van der Waals surface area contributed by atoms with Crippen molar-refractivity contribution in [1.29, 1.82) is 0 Å². The molecule has 0 amide bonds. The van der Waals surface area contributed by atoms with Crippen molar-refractivity contribution in [3.63, 3.8) is 0 Å². The summed E-state index contributed by atoms with van der Waals surface area (Å²) in [6.45, 7) is 5.55. The van der Waals surface area contributed by atoms with Gasteiger partial charge in [-0.2, -0.15) is 0 Å². The minimum atomic E-state index is 0.0696. The first-order valence-corrected chi connectivity index (χ1v) is 8.63. The van der Waals surface area contributed by atoms with E-state index in [2.05, 4.69) is 53.3 Å². The Morgan fingerprint density at radius 1 is 1.35 bits per heavy atom. The van der Waals surface area contributed by atoms with Gasteiger partial charge >= 0.3 is 0 Å². The summed E-state index contributed by atoms with van der Waals surface area (Å²) >= 11 is 3.58. The van der Waals surface area contributed by atoms with Crippen LogP contribution in [0.25, 0.3) is 0 Å². The molecule has 1 aliphatic carbocycles. The van der Waals surface area contributed by atoms with Crippen molar-refractivity contribution in [3.05, 3.63) is 28.2 Å². The SMILES string of the molecule is CCNC1CC2(CCC(C)CC2)Oc2ccc(Br)cc21. The van der Waals surface area contributed by atoms with E-state index in [0.717, 1.165) is 29.1 Å². The van der Waals surface area contributed by atoms with Crippen molar-refractivity contribution in [2.45, 2.75) is 57.6 Å². The van der Waals surface area contributed by atoms with Crippen LogP contribution in [0.3, 0.4) is 0 Å². The second-order valence-electron chi connectivity index (χ2n) is 6.46. The zero-order valence-corrected chi connectivity index (χ0v) is 14.0. The van der Waals surface area contributed by atoms with Crippen molar-refractivity contribution in [2.24, 2.45) is 5.92 Å². The van der Waals surface area contributed by atoms with Crippen molar-refractivity contribution in [1.82, 2.24) is 5.32 Å². The third-order valence-electron chi connectivity index (χ3n) is 4.89. The van der Waals surface area contributed by atoms with E-state index in [-0.39, 0.29) is 5.60 Å². The van der Waals surface area contributed by atoms with Crippen LogP contribution in [-0.2, 0) is 0 Å². The molecule has 1 unspecified atom stereocenters. The number of rotatable bonds is 2. The molecule has 0 saturated heterocycles. The molecule has 1 aromatic rings. The maximum atomic E-state index is 6.48. The van der Waals surface area contributed by atoms with Gasteiger partial charge in [-0.15, -0.1) is 0 Å². The van der Waals surface area contributed by atoms with Gasteiger partial charge in [-0.05, 0) is 56.3 Å². The van der Waals surface area contributed by atoms with Crippen LogP contribution in [0.2, 0.25) is 0 Å². The molecule has 0 radical (unpaired) electrons. The van der Waals surface area contributed by atoms with Crippen LogP contribution >= 0.6 is 15.9 Å². The number of nitrogens with one attached hydrogen (secondary N) is 1. The third-order valence-corrected chi connectivity index (χ3v) is 5.38. The lowest BCUT2D eigenvalue weighted by Gasteiger charge is -2.46. The highest BCUT2D eigenvalue weighted by Gasteiger charge is 2.42. The first-order valence-electron chi connectivity index (χ1n) is 7.84. The standard InChI is InChI=1S/C17H24BrNO/c1-3-19-15-11-17(8-6-12(2)7-9-17)20-16-5-4-13(18)10-14(15)16/h4-5,10,12,15,19H,3,6-9,11H2,1-2H3. The normalized spacial score (nSPS) is 32.8. The minimum Gasteiger partial charge on any atom is -0.487 e. The van der Waals surface area contributed by atoms with E-state index in [9.17, 15) is 0 Å². The highest BCUT2D eigenvalue weighted by molar-refractivity contribution is 9.10. The molecule has 1 heterocycles. The predicted molar refractivity (Wildman–Crippen MR) is 86.2 cm³/mol. The lowest BCUT2D eigenvalue weighted by molar-refractivity contribution is -0.0126. The molecular formula is C17H24BrNO. The van der Waals surface area contributed by atoms with E-state index >= 15 is 0 Å². The number of hydrogen-bond donors (Lipinski definition) is 1. The van der Waals surface area contributed by atoms with Crippen molar-refractivity contribution >= 4 is 15.9 Å². The van der Waals surface area contributed by atoms with Gasteiger partial charge in [0.05, 0.1) is 0 Å². The second-order valence-corrected chi connectivity index (χ2v) is 7.38. The molecule has 1 fully saturated rings. The highest BCUT2D eigenvalue weighted by atomic mass is 79.9. The highest BCUT2D eigenvalue weighted by Crippen LogP contribution is 2.47. The molecule has 2 nitrogen and oxygen atoms in total. The van der Waals surface area contributed by atoms with Crippen LogP contribution in [0.4, 0.5) is 0 Å². The summed E-state index contributed by atoms with van der Waals surface area (Å²) in [5, 5.41) is 3.65. The fraction of sp³-hybridized carbons (Fsp3) is 0.647. The van der Waals surface area contributed by atoms with Gasteiger partial charge < -0.3 is 10.1 Å². The Morgan fingerprint density at radius 3 is 2.80 bits per heavy atom. The van der Waals surface area contributed by atoms with Crippen LogP contribution in [-0.4, -0.2) is 12.1 Å². The molecule has 1 aromatic carbocycles. The fourth-order valence-electron chi connectivity index (χ4n) is 3.66. The van der Waals surface area contributed by atoms with Crippen LogP contribution in [0, 0.1) is 5.92 Å². The first kappa shape index (κ1) is 14.4. The summed E-state index contributed by atoms with van der Waals surface area (Å²) < 4.78 is 7.61. The second kappa shape index (κ2) is 5.69. The van der Waals surface area contributed by atoms with Crippen LogP contribution in [0.15, 0.2) is 22.7 Å². The summed E-state index contributed by atoms with van der Waals surface area (Å²) in [6.07, 6.45) is 6.10. The van der Waals surface area contributed by atoms with Gasteiger partial charge in [-0.25, -0.2) is 0 Å². The van der Waals surface area contributed by atoms with Crippen molar-refractivity contribution < 1.29 is 4.74 Å². The van der Waals surface area contributed by atoms with E-state index in [0.29, 0.717) is 6.04 Å². The van der Waals surface area contributed by atoms with Gasteiger partial charge in [-0.3, -0.25) is 0 Å². The van der Waals surface area contributed by atoms with Gasteiger partial charge in [-0.1, -0.05) is 29.8 Å². The Bertz CT molecular complexity index is 480. The Morgan fingerprint density at radius 2 is 2.10 bits per heavy atom. The van der Waals surface area contributed by atoms with E-state index in [4.69, 9.17) is 4.74 Å². The quantitative estimate of drug-likeness (QED) is 0.834. The smallest absolute Gasteiger partial charge is 0.125 e. The molecule has 1 spiro atoms. The number of ether oxygens (including phenoxy) is 1. The largest absolute Gasteiger partial charge is 0.487 e. The maximum Gasteiger partial charge on any atom is 0.125 e. The first-order chi connectivity index (χ1) is 9.62. The topological polar surface area (TPSA) is 21.3 Å². The third kappa shape index (κ3) is 2.75. The Hall–Kier alpha value is -0.540. The fourth-order valence-corrected chi connectivity index (χ4v) is 4.04. The number of benzene rings is 1. The molecule has 3 heteroatoms. The molecule has 0 aromatic heterocycles. The average Bonchev–Trinajstić information content (AvgIpc) is 2.44. The zero-order chi connectivity index (χ0) is 14.2. The molecule has 2 aliphatic rings. The lowest BCUT2D eigenvalue weighted by atomic mass is 9.74. The van der Waals surface area contributed by atoms with Gasteiger partial charge in [0, 0.05) is 22.5 Å². The number of halogens is 1. The minimum absolute atomic E-state index is 0.0696. The molecule has 20 heavy (non-hydrogen) atoms. The molecule has 1 N–H and O–H groups in total. The summed E-state index contributed by atoms with van der Waals surface area (Å²) in [5.41, 5.74) is 1.38. The molecule has 0 bridgehead atoms. The molecule has 110 valence electrons. The van der Waals surface area contributed by atoms with E-state index in [1.54, 1.807) is 0 Å². The van der Waals surface area contributed by atoms with Gasteiger partial charge in [0.2, 0.25) is 0 Å². The number of fused-ring (bicyclic) bond motifs is 1. The van der Waals surface area contributed by atoms with Gasteiger partial charge in [0.25, 0.3) is 0 Å². The molecule has 1 atom stereocenters. The molecular weight excluding hydrogens is 314 g/mol. The van der Waals surface area contributed by atoms with E-state index in [1.165, 1.54) is 31.2 Å². The van der Waals surface area contributed by atoms with Gasteiger partial charge in [0.1, 0.15) is 11.4 Å². The molecule has 1 saturated carbocycles. The number of hydrogen-bond acceptors (Lipinski definition) is 2. The zero-order valence-electron chi connectivity index (χ0n) is 12.4. The van der Waals surface area contributed by atoms with Crippen molar-refractivity contribution in [2.75, 3.05) is 6.54 Å².